The molecule has 5 heteroatoms. The Morgan fingerprint density at radius 1 is 1.39 bits per heavy atom. The molecule has 0 N–H and O–H groups in total. The zero-order chi connectivity index (χ0) is 16.0. The molecule has 0 spiro atoms. The molecule has 0 aliphatic heterocycles. The van der Waals surface area contributed by atoms with Crippen LogP contribution >= 0.6 is 22.9 Å². The summed E-state index contributed by atoms with van der Waals surface area (Å²) in [6, 6.07) is 9.88. The van der Waals surface area contributed by atoms with Crippen LogP contribution in [-0.2, 0) is 6.54 Å². The number of thiophene rings is 1. The Hall–Kier alpha value is -1.78. The van der Waals surface area contributed by atoms with Gasteiger partial charge in [-0.05, 0) is 49.4 Å². The molecule has 0 radical (unpaired) electrons. The summed E-state index contributed by atoms with van der Waals surface area (Å²) in [7, 11) is 0. The summed E-state index contributed by atoms with van der Waals surface area (Å²) in [5.74, 6) is 0.413. The Labute approximate surface area is 143 Å². The van der Waals surface area contributed by atoms with Gasteiger partial charge in [0.1, 0.15) is 5.58 Å². The van der Waals surface area contributed by atoms with Gasteiger partial charge in [0.2, 0.25) is 0 Å². The molecule has 3 nitrogen and oxygen atoms in total. The van der Waals surface area contributed by atoms with Gasteiger partial charge in [-0.2, -0.15) is 0 Å². The summed E-state index contributed by atoms with van der Waals surface area (Å²) in [5, 5.41) is 3.60. The largest absolute Gasteiger partial charge is 0.451 e. The van der Waals surface area contributed by atoms with Gasteiger partial charge in [0, 0.05) is 26.9 Å². The first-order valence-electron chi connectivity index (χ1n) is 7.65. The smallest absolute Gasteiger partial charge is 0.290 e. The van der Waals surface area contributed by atoms with E-state index in [1.54, 1.807) is 17.4 Å². The quantitative estimate of drug-likeness (QED) is 0.646. The molecule has 1 aromatic carbocycles. The molecule has 2 aromatic heterocycles. The second-order valence-electron chi connectivity index (χ2n) is 5.94. The molecule has 1 aliphatic rings. The van der Waals surface area contributed by atoms with Gasteiger partial charge < -0.3 is 9.32 Å². The maximum absolute atomic E-state index is 13.0. The van der Waals surface area contributed by atoms with Crippen molar-refractivity contribution in [3.05, 3.63) is 56.9 Å². The molecule has 118 valence electrons. The third kappa shape index (κ3) is 2.77. The van der Waals surface area contributed by atoms with Crippen LogP contribution < -0.4 is 0 Å². The van der Waals surface area contributed by atoms with E-state index >= 15 is 0 Å². The van der Waals surface area contributed by atoms with Crippen LogP contribution in [0.5, 0.6) is 0 Å². The van der Waals surface area contributed by atoms with Crippen LogP contribution in [0.4, 0.5) is 0 Å². The first-order valence-corrected chi connectivity index (χ1v) is 8.91. The van der Waals surface area contributed by atoms with Crippen molar-refractivity contribution >= 4 is 39.8 Å². The van der Waals surface area contributed by atoms with Crippen molar-refractivity contribution in [2.75, 3.05) is 0 Å². The van der Waals surface area contributed by atoms with Gasteiger partial charge in [0.05, 0.1) is 6.54 Å². The van der Waals surface area contributed by atoms with Gasteiger partial charge >= 0.3 is 0 Å². The average Bonchev–Trinajstić information content (AvgIpc) is 3.16. The van der Waals surface area contributed by atoms with Gasteiger partial charge in [-0.15, -0.1) is 11.3 Å². The molecule has 1 saturated carbocycles. The SMILES string of the molecule is Cc1c(C(=O)N(Cc2cccs2)C2CC2)oc2ccc(Cl)cc12. The van der Waals surface area contributed by atoms with Crippen LogP contribution in [0.1, 0.15) is 33.8 Å². The van der Waals surface area contributed by atoms with E-state index in [0.29, 0.717) is 29.0 Å². The first-order chi connectivity index (χ1) is 11.1. The summed E-state index contributed by atoms with van der Waals surface area (Å²) >= 11 is 7.74. The Bertz CT molecular complexity index is 865. The third-order valence-corrected chi connectivity index (χ3v) is 5.34. The van der Waals surface area contributed by atoms with Crippen LogP contribution in [0, 0.1) is 6.92 Å². The minimum atomic E-state index is -0.0225. The van der Waals surface area contributed by atoms with Crippen molar-refractivity contribution in [2.24, 2.45) is 0 Å². The van der Waals surface area contributed by atoms with E-state index < -0.39 is 0 Å². The standard InChI is InChI=1S/C18H16ClNO2S/c1-11-15-9-12(19)4-7-16(15)22-17(11)18(21)20(13-5-6-13)10-14-3-2-8-23-14/h2-4,7-9,13H,5-6,10H2,1H3. The van der Waals surface area contributed by atoms with Crippen molar-refractivity contribution in [3.63, 3.8) is 0 Å². The molecule has 0 atom stereocenters. The maximum atomic E-state index is 13.0. The van der Waals surface area contributed by atoms with Crippen LogP contribution in [0.25, 0.3) is 11.0 Å². The van der Waals surface area contributed by atoms with Gasteiger partial charge in [-0.25, -0.2) is 0 Å². The van der Waals surface area contributed by atoms with E-state index in [1.165, 1.54) is 4.88 Å². The normalized spacial score (nSPS) is 14.3. The summed E-state index contributed by atoms with van der Waals surface area (Å²) in [4.78, 5) is 16.2. The molecule has 0 bridgehead atoms. The number of benzene rings is 1. The molecule has 1 amide bonds. The molecule has 3 aromatic rings. The van der Waals surface area contributed by atoms with Gasteiger partial charge in [-0.1, -0.05) is 17.7 Å². The van der Waals surface area contributed by atoms with Crippen LogP contribution in [-0.4, -0.2) is 16.8 Å². The number of hydrogen-bond acceptors (Lipinski definition) is 3. The Morgan fingerprint density at radius 3 is 2.91 bits per heavy atom. The monoisotopic (exact) mass is 345 g/mol. The molecule has 1 aliphatic carbocycles. The molecule has 0 unspecified atom stereocenters. The molecule has 2 heterocycles. The van der Waals surface area contributed by atoms with E-state index in [1.807, 2.05) is 35.4 Å². The number of aryl methyl sites for hydroxylation is 1. The third-order valence-electron chi connectivity index (χ3n) is 4.25. The topological polar surface area (TPSA) is 33.5 Å². The van der Waals surface area contributed by atoms with Gasteiger partial charge in [-0.3, -0.25) is 4.79 Å². The van der Waals surface area contributed by atoms with E-state index in [-0.39, 0.29) is 5.91 Å². The van der Waals surface area contributed by atoms with Crippen molar-refractivity contribution < 1.29 is 9.21 Å². The number of fused-ring (bicyclic) bond motifs is 1. The van der Waals surface area contributed by atoms with Gasteiger partial charge in [0.15, 0.2) is 5.76 Å². The predicted octanol–water partition coefficient (Wildman–Crippen LogP) is 5.26. The number of halogens is 1. The van der Waals surface area contributed by atoms with E-state index in [2.05, 4.69) is 6.07 Å². The highest BCUT2D eigenvalue weighted by Crippen LogP contribution is 2.34. The zero-order valence-electron chi connectivity index (χ0n) is 12.7. The minimum absolute atomic E-state index is 0.0225. The van der Waals surface area contributed by atoms with E-state index in [4.69, 9.17) is 16.0 Å². The fourth-order valence-electron chi connectivity index (χ4n) is 2.85. The fraction of sp³-hybridized carbons (Fsp3) is 0.278. The number of furan rings is 1. The molecule has 1 fully saturated rings. The van der Waals surface area contributed by atoms with Crippen molar-refractivity contribution in [1.29, 1.82) is 0 Å². The lowest BCUT2D eigenvalue weighted by Crippen LogP contribution is -2.32. The number of rotatable bonds is 4. The summed E-state index contributed by atoms with van der Waals surface area (Å²) in [5.41, 5.74) is 1.58. The lowest BCUT2D eigenvalue weighted by molar-refractivity contribution is 0.0700. The number of nitrogens with zero attached hydrogens (tertiary/aromatic N) is 1. The molecule has 23 heavy (non-hydrogen) atoms. The molecular formula is C18H16ClNO2S. The second kappa shape index (κ2) is 5.69. The first kappa shape index (κ1) is 14.8. The van der Waals surface area contributed by atoms with Crippen LogP contribution in [0.15, 0.2) is 40.1 Å². The Morgan fingerprint density at radius 2 is 2.22 bits per heavy atom. The molecule has 0 saturated heterocycles. The minimum Gasteiger partial charge on any atom is -0.451 e. The van der Waals surface area contributed by atoms with Crippen molar-refractivity contribution in [1.82, 2.24) is 4.90 Å². The second-order valence-corrected chi connectivity index (χ2v) is 7.41. The van der Waals surface area contributed by atoms with E-state index in [9.17, 15) is 4.79 Å². The Kier molecular flexibility index (Phi) is 3.66. The van der Waals surface area contributed by atoms with Crippen molar-refractivity contribution in [2.45, 2.75) is 32.4 Å². The summed E-state index contributed by atoms with van der Waals surface area (Å²) in [6.07, 6.45) is 2.14. The van der Waals surface area contributed by atoms with Crippen LogP contribution in [0.3, 0.4) is 0 Å². The Balaban J connectivity index is 1.70. The number of amides is 1. The number of carbonyl (C=O) groups excluding carboxylic acids is 1. The number of hydrogen-bond donors (Lipinski definition) is 0. The van der Waals surface area contributed by atoms with Gasteiger partial charge in [0.25, 0.3) is 5.91 Å². The fourth-order valence-corrected chi connectivity index (χ4v) is 3.73. The summed E-state index contributed by atoms with van der Waals surface area (Å²) < 4.78 is 5.85. The highest BCUT2D eigenvalue weighted by Gasteiger charge is 2.35. The predicted molar refractivity (Wildman–Crippen MR) is 93.2 cm³/mol. The highest BCUT2D eigenvalue weighted by molar-refractivity contribution is 7.09. The molecular weight excluding hydrogens is 330 g/mol. The maximum Gasteiger partial charge on any atom is 0.290 e. The lowest BCUT2D eigenvalue weighted by Gasteiger charge is -2.20. The van der Waals surface area contributed by atoms with Crippen LogP contribution in [0.2, 0.25) is 5.02 Å². The summed E-state index contributed by atoms with van der Waals surface area (Å²) in [6.45, 7) is 2.57. The highest BCUT2D eigenvalue weighted by atomic mass is 35.5. The van der Waals surface area contributed by atoms with Crippen molar-refractivity contribution in [3.8, 4) is 0 Å². The number of carbonyl (C=O) groups is 1. The average molecular weight is 346 g/mol. The zero-order valence-corrected chi connectivity index (χ0v) is 14.3. The lowest BCUT2D eigenvalue weighted by atomic mass is 10.1. The molecule has 4 rings (SSSR count). The van der Waals surface area contributed by atoms with E-state index in [0.717, 1.165) is 23.8 Å².